The number of nitrogens with zero attached hydrogens (tertiary/aromatic N) is 2. The minimum atomic E-state index is -0.856. The normalized spacial score (nSPS) is 23.3. The van der Waals surface area contributed by atoms with Gasteiger partial charge >= 0.3 is 5.69 Å². The molecule has 0 saturated carbocycles. The van der Waals surface area contributed by atoms with Crippen LogP contribution < -0.4 is 11.2 Å². The Hall–Kier alpha value is -1.89. The first-order valence-electron chi connectivity index (χ1n) is 5.67. The molecule has 1 aromatic rings. The second kappa shape index (κ2) is 4.41. The van der Waals surface area contributed by atoms with E-state index in [1.807, 2.05) is 0 Å². The summed E-state index contributed by atoms with van der Waals surface area (Å²) in [6.07, 6.45) is 1.81. The molecule has 1 unspecified atom stereocenters. The first-order valence-corrected chi connectivity index (χ1v) is 5.67. The summed E-state index contributed by atoms with van der Waals surface area (Å²) in [6, 6.07) is 1.19. The number of hydrogen-bond acceptors (Lipinski definition) is 4. The molecule has 1 fully saturated rings. The maximum Gasteiger partial charge on any atom is 0.328 e. The number of nitrogens with one attached hydrogen (secondary N) is 1. The van der Waals surface area contributed by atoms with Crippen molar-refractivity contribution in [3.63, 3.8) is 0 Å². The molecule has 2 N–H and O–H groups in total. The van der Waals surface area contributed by atoms with Crippen molar-refractivity contribution in [1.82, 2.24) is 14.5 Å². The third-order valence-corrected chi connectivity index (χ3v) is 3.01. The highest BCUT2D eigenvalue weighted by atomic mass is 16.3. The van der Waals surface area contributed by atoms with E-state index in [0.717, 1.165) is 4.57 Å². The fraction of sp³-hybridized carbons (Fsp3) is 0.545. The van der Waals surface area contributed by atoms with E-state index in [-0.39, 0.29) is 19.0 Å². The molecule has 1 aliphatic heterocycles. The molecule has 98 valence electrons. The summed E-state index contributed by atoms with van der Waals surface area (Å²) < 4.78 is 1.14. The third kappa shape index (κ3) is 2.67. The molecule has 7 nitrogen and oxygen atoms in total. The molecule has 1 aliphatic rings. The summed E-state index contributed by atoms with van der Waals surface area (Å²) in [7, 11) is 0. The topological polar surface area (TPSA) is 95.4 Å². The zero-order valence-electron chi connectivity index (χ0n) is 10.0. The smallest absolute Gasteiger partial charge is 0.328 e. The van der Waals surface area contributed by atoms with E-state index in [1.54, 1.807) is 6.92 Å². The number of H-pyrrole nitrogens is 1. The maximum atomic E-state index is 11.9. The van der Waals surface area contributed by atoms with E-state index in [2.05, 4.69) is 4.98 Å². The van der Waals surface area contributed by atoms with Gasteiger partial charge in [-0.05, 0) is 13.3 Å². The number of aromatic nitrogens is 2. The first-order chi connectivity index (χ1) is 8.37. The van der Waals surface area contributed by atoms with Crippen LogP contribution in [0.5, 0.6) is 0 Å². The van der Waals surface area contributed by atoms with Crippen LogP contribution in [0.1, 0.15) is 13.3 Å². The van der Waals surface area contributed by atoms with Crippen molar-refractivity contribution in [2.45, 2.75) is 25.5 Å². The number of amides is 1. The van der Waals surface area contributed by atoms with Gasteiger partial charge in [-0.1, -0.05) is 0 Å². The largest absolute Gasteiger partial charge is 0.388 e. The van der Waals surface area contributed by atoms with Gasteiger partial charge in [0.1, 0.15) is 6.54 Å². The van der Waals surface area contributed by atoms with Gasteiger partial charge in [0.05, 0.1) is 5.60 Å². The molecule has 1 amide bonds. The molecule has 1 aromatic heterocycles. The van der Waals surface area contributed by atoms with Crippen LogP contribution in [0.3, 0.4) is 0 Å². The van der Waals surface area contributed by atoms with Crippen LogP contribution in [-0.4, -0.2) is 44.2 Å². The molecule has 0 aliphatic carbocycles. The van der Waals surface area contributed by atoms with Crippen molar-refractivity contribution in [2.24, 2.45) is 0 Å². The second-order valence-electron chi connectivity index (χ2n) is 4.80. The Morgan fingerprint density at radius 3 is 2.83 bits per heavy atom. The predicted octanol–water partition coefficient (Wildman–Crippen LogP) is -1.48. The summed E-state index contributed by atoms with van der Waals surface area (Å²) >= 11 is 0. The van der Waals surface area contributed by atoms with Crippen LogP contribution in [0.4, 0.5) is 0 Å². The summed E-state index contributed by atoms with van der Waals surface area (Å²) in [5.74, 6) is -0.248. The van der Waals surface area contributed by atoms with Crippen molar-refractivity contribution in [1.29, 1.82) is 0 Å². The average molecular weight is 253 g/mol. The fourth-order valence-electron chi connectivity index (χ4n) is 1.97. The summed E-state index contributed by atoms with van der Waals surface area (Å²) in [4.78, 5) is 37.8. The van der Waals surface area contributed by atoms with E-state index < -0.39 is 16.9 Å². The Bertz CT molecular complexity index is 572. The number of hydrogen-bond donors (Lipinski definition) is 2. The minimum absolute atomic E-state index is 0.133. The van der Waals surface area contributed by atoms with E-state index >= 15 is 0 Å². The van der Waals surface area contributed by atoms with Gasteiger partial charge in [-0.3, -0.25) is 19.1 Å². The van der Waals surface area contributed by atoms with Crippen LogP contribution in [0.2, 0.25) is 0 Å². The highest BCUT2D eigenvalue weighted by Gasteiger charge is 2.33. The van der Waals surface area contributed by atoms with Crippen LogP contribution >= 0.6 is 0 Å². The van der Waals surface area contributed by atoms with E-state index in [1.165, 1.54) is 17.2 Å². The van der Waals surface area contributed by atoms with Crippen molar-refractivity contribution >= 4 is 5.91 Å². The molecule has 2 heterocycles. The fourth-order valence-corrected chi connectivity index (χ4v) is 1.97. The zero-order chi connectivity index (χ0) is 13.3. The van der Waals surface area contributed by atoms with Gasteiger partial charge in [-0.15, -0.1) is 0 Å². The molecular weight excluding hydrogens is 238 g/mol. The summed E-state index contributed by atoms with van der Waals surface area (Å²) in [6.45, 7) is 2.28. The lowest BCUT2D eigenvalue weighted by Crippen LogP contribution is -2.39. The highest BCUT2D eigenvalue weighted by Crippen LogP contribution is 2.20. The lowest BCUT2D eigenvalue weighted by molar-refractivity contribution is -0.131. The number of carbonyl (C=O) groups excluding carboxylic acids is 1. The van der Waals surface area contributed by atoms with Gasteiger partial charge in [-0.25, -0.2) is 4.79 Å². The van der Waals surface area contributed by atoms with Crippen LogP contribution in [0.15, 0.2) is 21.9 Å². The standard InChI is InChI=1S/C11H15N3O4/c1-11(18)3-5-14(7-11)9(16)6-13-4-2-8(15)12-10(13)17/h2,4,18H,3,5-7H2,1H3,(H,12,15,17). The van der Waals surface area contributed by atoms with Gasteiger partial charge in [0.15, 0.2) is 0 Å². The molecule has 0 aromatic carbocycles. The number of likely N-dealkylation sites (tertiary alicyclic amines) is 1. The average Bonchev–Trinajstić information content (AvgIpc) is 2.63. The lowest BCUT2D eigenvalue weighted by atomic mass is 10.1. The molecule has 1 saturated heterocycles. The first kappa shape index (κ1) is 12.6. The summed E-state index contributed by atoms with van der Waals surface area (Å²) in [5, 5.41) is 9.76. The van der Waals surface area contributed by atoms with Crippen LogP contribution in [-0.2, 0) is 11.3 Å². The van der Waals surface area contributed by atoms with Crippen LogP contribution in [0, 0.1) is 0 Å². The minimum Gasteiger partial charge on any atom is -0.388 e. The van der Waals surface area contributed by atoms with Gasteiger partial charge in [0, 0.05) is 25.4 Å². The Morgan fingerprint density at radius 1 is 1.56 bits per heavy atom. The Kier molecular flexibility index (Phi) is 3.08. The number of carbonyl (C=O) groups is 1. The molecule has 2 rings (SSSR count). The monoisotopic (exact) mass is 253 g/mol. The molecule has 0 radical (unpaired) electrons. The van der Waals surface area contributed by atoms with Crippen molar-refractivity contribution < 1.29 is 9.90 Å². The maximum absolute atomic E-state index is 11.9. The SMILES string of the molecule is CC1(O)CCN(C(=O)Cn2ccc(=O)[nH]c2=O)C1. The van der Waals surface area contributed by atoms with Gasteiger partial charge in [0.2, 0.25) is 5.91 Å². The van der Waals surface area contributed by atoms with E-state index in [4.69, 9.17) is 0 Å². The number of aromatic amines is 1. The zero-order valence-corrected chi connectivity index (χ0v) is 10.0. The van der Waals surface area contributed by atoms with Crippen molar-refractivity contribution in [3.05, 3.63) is 33.1 Å². The highest BCUT2D eigenvalue weighted by molar-refractivity contribution is 5.76. The van der Waals surface area contributed by atoms with Gasteiger partial charge in [-0.2, -0.15) is 0 Å². The Morgan fingerprint density at radius 2 is 2.28 bits per heavy atom. The van der Waals surface area contributed by atoms with Crippen LogP contribution in [0.25, 0.3) is 0 Å². The number of rotatable bonds is 2. The second-order valence-corrected chi connectivity index (χ2v) is 4.80. The molecule has 0 spiro atoms. The number of β-amino-alcohol motifs (C(OH)–C–C–N with tert-alkyl or cyclic N) is 1. The molecule has 0 bridgehead atoms. The number of aliphatic hydroxyl groups is 1. The third-order valence-electron chi connectivity index (χ3n) is 3.01. The van der Waals surface area contributed by atoms with E-state index in [9.17, 15) is 19.5 Å². The molecular formula is C11H15N3O4. The van der Waals surface area contributed by atoms with Crippen molar-refractivity contribution in [3.8, 4) is 0 Å². The van der Waals surface area contributed by atoms with Gasteiger partial charge in [0.25, 0.3) is 5.56 Å². The lowest BCUT2D eigenvalue weighted by Gasteiger charge is -2.19. The van der Waals surface area contributed by atoms with E-state index in [0.29, 0.717) is 13.0 Å². The summed E-state index contributed by atoms with van der Waals surface area (Å²) in [5.41, 5.74) is -1.96. The predicted molar refractivity (Wildman–Crippen MR) is 63.1 cm³/mol. The Balaban J connectivity index is 2.08. The quantitative estimate of drug-likeness (QED) is 0.672. The Labute approximate surface area is 103 Å². The molecule has 18 heavy (non-hydrogen) atoms. The molecule has 7 heteroatoms. The van der Waals surface area contributed by atoms with Gasteiger partial charge < -0.3 is 10.0 Å². The molecule has 1 atom stereocenters. The van der Waals surface area contributed by atoms with Crippen molar-refractivity contribution in [2.75, 3.05) is 13.1 Å².